The van der Waals surface area contributed by atoms with E-state index in [1.54, 1.807) is 0 Å². The summed E-state index contributed by atoms with van der Waals surface area (Å²) in [4.78, 5) is 0. The topological polar surface area (TPSA) is 0 Å². The van der Waals surface area contributed by atoms with Gasteiger partial charge in [0, 0.05) is 21.1 Å². The van der Waals surface area contributed by atoms with Crippen molar-refractivity contribution in [2.45, 2.75) is 18.8 Å². The molecule has 2 rings (SSSR count). The van der Waals surface area contributed by atoms with E-state index in [0.717, 1.165) is 22.1 Å². The minimum absolute atomic E-state index is 0.0415. The number of hydrogen-bond acceptors (Lipinski definition) is 0. The van der Waals surface area contributed by atoms with Crippen LogP contribution in [-0.4, -0.2) is 10.7 Å². The van der Waals surface area contributed by atoms with Gasteiger partial charge in [-0.15, -0.1) is 0 Å². The smallest absolute Gasteiger partial charge is 0.0406 e. The fourth-order valence-corrected chi connectivity index (χ4v) is 4.39. The van der Waals surface area contributed by atoms with Gasteiger partial charge in [-0.1, -0.05) is 85.4 Å². The molecule has 0 aromatic heterocycles. The van der Waals surface area contributed by atoms with Crippen LogP contribution < -0.4 is 0 Å². The van der Waals surface area contributed by atoms with Gasteiger partial charge < -0.3 is 0 Å². The molecule has 20 heavy (non-hydrogen) atoms. The van der Waals surface area contributed by atoms with Gasteiger partial charge in [0.2, 0.25) is 0 Å². The molecule has 0 unspecified atom stereocenters. The van der Waals surface area contributed by atoms with E-state index in [0.29, 0.717) is 0 Å². The third-order valence-electron chi connectivity index (χ3n) is 3.63. The lowest BCUT2D eigenvalue weighted by molar-refractivity contribution is 0.551. The summed E-state index contributed by atoms with van der Waals surface area (Å²) < 4.78 is 0. The first-order valence-electron chi connectivity index (χ1n) is 6.53. The molecule has 106 valence electrons. The van der Waals surface area contributed by atoms with Gasteiger partial charge in [-0.25, -0.2) is 0 Å². The summed E-state index contributed by atoms with van der Waals surface area (Å²) in [5.41, 5.74) is 3.99. The monoisotopic (exact) mass is 414 g/mol. The van der Waals surface area contributed by atoms with E-state index in [4.69, 9.17) is 11.6 Å². The molecule has 0 heterocycles. The predicted molar refractivity (Wildman–Crippen MR) is 95.6 cm³/mol. The summed E-state index contributed by atoms with van der Waals surface area (Å²) >= 11 is 13.4. The predicted octanol–water partition coefficient (Wildman–Crippen LogP) is 5.92. The molecular weight excluding hydrogens is 399 g/mol. The van der Waals surface area contributed by atoms with Crippen molar-refractivity contribution >= 4 is 43.5 Å². The third-order valence-corrected chi connectivity index (χ3v) is 6.03. The number of rotatable bonds is 5. The van der Waals surface area contributed by atoms with Gasteiger partial charge >= 0.3 is 0 Å². The minimum atomic E-state index is 0.0415. The van der Waals surface area contributed by atoms with Gasteiger partial charge in [0.15, 0.2) is 0 Å². The van der Waals surface area contributed by atoms with Crippen LogP contribution in [0, 0.1) is 6.92 Å². The first kappa shape index (κ1) is 16.1. The average molecular weight is 417 g/mol. The van der Waals surface area contributed by atoms with E-state index in [1.807, 2.05) is 12.1 Å². The Kier molecular flexibility index (Phi) is 5.71. The zero-order valence-electron chi connectivity index (χ0n) is 11.4. The van der Waals surface area contributed by atoms with Gasteiger partial charge in [0.05, 0.1) is 0 Å². The maximum atomic E-state index is 6.00. The molecule has 0 atom stereocenters. The van der Waals surface area contributed by atoms with E-state index in [-0.39, 0.29) is 5.41 Å². The Morgan fingerprint density at radius 3 is 1.95 bits per heavy atom. The summed E-state index contributed by atoms with van der Waals surface area (Å²) in [5.74, 6) is 0. The molecule has 0 bridgehead atoms. The van der Waals surface area contributed by atoms with Gasteiger partial charge in [-0.05, 0) is 36.6 Å². The van der Waals surface area contributed by atoms with Crippen LogP contribution in [0.2, 0.25) is 5.02 Å². The molecule has 0 spiro atoms. The number of alkyl halides is 2. The zero-order chi connectivity index (χ0) is 14.6. The lowest BCUT2D eigenvalue weighted by atomic mass is 9.79. The van der Waals surface area contributed by atoms with Gasteiger partial charge in [-0.3, -0.25) is 0 Å². The van der Waals surface area contributed by atoms with Crippen LogP contribution >= 0.6 is 43.5 Å². The quantitative estimate of drug-likeness (QED) is 0.531. The highest BCUT2D eigenvalue weighted by atomic mass is 79.9. The molecule has 0 aliphatic heterocycles. The van der Waals surface area contributed by atoms with Crippen molar-refractivity contribution in [3.63, 3.8) is 0 Å². The fourth-order valence-electron chi connectivity index (χ4n) is 2.29. The number of halogens is 3. The molecule has 0 aliphatic rings. The van der Waals surface area contributed by atoms with Gasteiger partial charge in [-0.2, -0.15) is 0 Å². The molecule has 0 saturated carbocycles. The zero-order valence-corrected chi connectivity index (χ0v) is 15.3. The Bertz CT molecular complexity index is 542. The van der Waals surface area contributed by atoms with Crippen molar-refractivity contribution in [3.05, 3.63) is 70.2 Å². The average Bonchev–Trinajstić information content (AvgIpc) is 2.48. The van der Waals surface area contributed by atoms with Crippen molar-refractivity contribution in [2.75, 3.05) is 10.7 Å². The molecule has 0 radical (unpaired) electrons. The Balaban J connectivity index is 2.33. The number of aryl methyl sites for hydroxylation is 1. The normalized spacial score (nSPS) is 11.6. The van der Waals surface area contributed by atoms with Crippen molar-refractivity contribution in [1.82, 2.24) is 0 Å². The van der Waals surface area contributed by atoms with Crippen molar-refractivity contribution in [2.24, 2.45) is 0 Å². The van der Waals surface area contributed by atoms with E-state index in [1.165, 1.54) is 16.7 Å². The third kappa shape index (κ3) is 3.66. The standard InChI is InChI=1S/C17H17Br2Cl/c1-13-2-4-14(5-3-13)10-17(11-18,12-19)15-6-8-16(20)9-7-15/h2-9H,10-12H2,1H3. The van der Waals surface area contributed by atoms with E-state index in [9.17, 15) is 0 Å². The second kappa shape index (κ2) is 7.11. The molecule has 3 heteroatoms. The lowest BCUT2D eigenvalue weighted by Gasteiger charge is -2.31. The maximum Gasteiger partial charge on any atom is 0.0406 e. The van der Waals surface area contributed by atoms with Crippen LogP contribution in [0.5, 0.6) is 0 Å². The van der Waals surface area contributed by atoms with Crippen LogP contribution in [0.15, 0.2) is 48.5 Å². The van der Waals surface area contributed by atoms with Crippen molar-refractivity contribution in [3.8, 4) is 0 Å². The lowest BCUT2D eigenvalue weighted by Crippen LogP contribution is -2.32. The minimum Gasteiger partial charge on any atom is -0.0918 e. The molecule has 0 nitrogen and oxygen atoms in total. The Morgan fingerprint density at radius 2 is 1.45 bits per heavy atom. The number of hydrogen-bond donors (Lipinski definition) is 0. The summed E-state index contributed by atoms with van der Waals surface area (Å²) in [6.07, 6.45) is 0.991. The first-order valence-corrected chi connectivity index (χ1v) is 9.15. The van der Waals surface area contributed by atoms with E-state index >= 15 is 0 Å². The SMILES string of the molecule is Cc1ccc(CC(CBr)(CBr)c2ccc(Cl)cc2)cc1. The summed E-state index contributed by atoms with van der Waals surface area (Å²) in [5, 5.41) is 2.59. The largest absolute Gasteiger partial charge is 0.0918 e. The Labute approximate surface area is 142 Å². The van der Waals surface area contributed by atoms with Crippen LogP contribution in [-0.2, 0) is 11.8 Å². The Morgan fingerprint density at radius 1 is 0.900 bits per heavy atom. The molecule has 0 N–H and O–H groups in total. The first-order chi connectivity index (χ1) is 9.59. The van der Waals surface area contributed by atoms with Crippen LogP contribution in [0.3, 0.4) is 0 Å². The highest BCUT2D eigenvalue weighted by molar-refractivity contribution is 9.09. The maximum absolute atomic E-state index is 6.00. The van der Waals surface area contributed by atoms with Crippen LogP contribution in [0.25, 0.3) is 0 Å². The highest BCUT2D eigenvalue weighted by Crippen LogP contribution is 2.33. The van der Waals surface area contributed by atoms with Crippen LogP contribution in [0.1, 0.15) is 16.7 Å². The molecule has 2 aromatic carbocycles. The summed E-state index contributed by atoms with van der Waals surface area (Å²) in [6, 6.07) is 16.9. The molecule has 0 amide bonds. The Hall–Kier alpha value is -0.310. The second-order valence-electron chi connectivity index (χ2n) is 5.22. The number of benzene rings is 2. The van der Waals surface area contributed by atoms with Crippen LogP contribution in [0.4, 0.5) is 0 Å². The van der Waals surface area contributed by atoms with Gasteiger partial charge in [0.1, 0.15) is 0 Å². The summed E-state index contributed by atoms with van der Waals surface area (Å²) in [6.45, 7) is 2.12. The molecule has 0 fully saturated rings. The summed E-state index contributed by atoms with van der Waals surface area (Å²) in [7, 11) is 0. The van der Waals surface area contributed by atoms with E-state index in [2.05, 4.69) is 75.2 Å². The van der Waals surface area contributed by atoms with Crippen molar-refractivity contribution < 1.29 is 0 Å². The van der Waals surface area contributed by atoms with E-state index < -0.39 is 0 Å². The molecule has 0 saturated heterocycles. The van der Waals surface area contributed by atoms with Gasteiger partial charge in [0.25, 0.3) is 0 Å². The molecular formula is C17H17Br2Cl. The molecule has 2 aromatic rings. The fraction of sp³-hybridized carbons (Fsp3) is 0.294. The molecule has 0 aliphatic carbocycles. The van der Waals surface area contributed by atoms with Crippen molar-refractivity contribution in [1.29, 1.82) is 0 Å². The second-order valence-corrected chi connectivity index (χ2v) is 6.77. The highest BCUT2D eigenvalue weighted by Gasteiger charge is 2.30.